The summed E-state index contributed by atoms with van der Waals surface area (Å²) in [6.45, 7) is 1.58. The summed E-state index contributed by atoms with van der Waals surface area (Å²) in [6.07, 6.45) is 1.09. The average molecular weight is 239 g/mol. The lowest BCUT2D eigenvalue weighted by molar-refractivity contribution is 0.0994. The lowest BCUT2D eigenvalue weighted by atomic mass is 10.1. The minimum atomic E-state index is -3.27. The van der Waals surface area contributed by atoms with Gasteiger partial charge in [-0.3, -0.25) is 9.52 Å². The van der Waals surface area contributed by atoms with Crippen LogP contribution in [0, 0.1) is 0 Å². The number of benzene rings is 1. The molecule has 5 heteroatoms. The van der Waals surface area contributed by atoms with E-state index in [1.54, 1.807) is 25.1 Å². The molecule has 0 aliphatic heterocycles. The van der Waals surface area contributed by atoms with E-state index in [2.05, 4.69) is 4.72 Å². The van der Waals surface area contributed by atoms with Gasteiger partial charge in [-0.2, -0.15) is 0 Å². The molecule has 1 aliphatic rings. The van der Waals surface area contributed by atoms with Gasteiger partial charge in [-0.25, -0.2) is 8.42 Å². The number of fused-ring (bicyclic) bond motifs is 1. The maximum absolute atomic E-state index is 11.5. The molecule has 2 rings (SSSR count). The zero-order valence-corrected chi connectivity index (χ0v) is 9.80. The third-order valence-electron chi connectivity index (χ3n) is 2.72. The molecule has 0 amide bonds. The third-order valence-corrected chi connectivity index (χ3v) is 4.01. The van der Waals surface area contributed by atoms with Gasteiger partial charge in [0.25, 0.3) is 0 Å². The summed E-state index contributed by atoms with van der Waals surface area (Å²) in [6, 6.07) is 5.15. The second kappa shape index (κ2) is 3.90. The van der Waals surface area contributed by atoms with Gasteiger partial charge in [0.05, 0.1) is 11.4 Å². The zero-order valence-electron chi connectivity index (χ0n) is 8.99. The van der Waals surface area contributed by atoms with Crippen molar-refractivity contribution in [1.82, 2.24) is 0 Å². The number of carbonyl (C=O) groups is 1. The summed E-state index contributed by atoms with van der Waals surface area (Å²) in [4.78, 5) is 11.5. The Morgan fingerprint density at radius 3 is 2.75 bits per heavy atom. The van der Waals surface area contributed by atoms with Gasteiger partial charge in [-0.1, -0.05) is 12.1 Å². The van der Waals surface area contributed by atoms with E-state index in [0.29, 0.717) is 24.1 Å². The highest BCUT2D eigenvalue weighted by molar-refractivity contribution is 7.92. The molecule has 0 saturated carbocycles. The van der Waals surface area contributed by atoms with E-state index >= 15 is 0 Å². The molecule has 1 N–H and O–H groups in total. The Morgan fingerprint density at radius 2 is 2.06 bits per heavy atom. The van der Waals surface area contributed by atoms with Gasteiger partial charge in [0.15, 0.2) is 5.78 Å². The van der Waals surface area contributed by atoms with Crippen molar-refractivity contribution >= 4 is 21.5 Å². The Bertz CT molecular complexity index is 534. The van der Waals surface area contributed by atoms with Crippen LogP contribution in [0.1, 0.15) is 29.3 Å². The number of carbonyl (C=O) groups excluding carboxylic acids is 1. The van der Waals surface area contributed by atoms with Crippen molar-refractivity contribution in [1.29, 1.82) is 0 Å². The van der Waals surface area contributed by atoms with Crippen LogP contribution in [0.25, 0.3) is 0 Å². The van der Waals surface area contributed by atoms with Crippen LogP contribution in [0.4, 0.5) is 5.69 Å². The largest absolute Gasteiger partial charge is 0.294 e. The summed E-state index contributed by atoms with van der Waals surface area (Å²) in [5.41, 5.74) is 2.02. The number of anilines is 1. The highest BCUT2D eigenvalue weighted by atomic mass is 32.2. The lowest BCUT2D eigenvalue weighted by Crippen LogP contribution is -2.15. The van der Waals surface area contributed by atoms with Crippen molar-refractivity contribution in [2.24, 2.45) is 0 Å². The molecule has 1 aromatic carbocycles. The first kappa shape index (κ1) is 11.1. The molecule has 1 aromatic rings. The van der Waals surface area contributed by atoms with E-state index in [1.807, 2.05) is 0 Å². The molecule has 1 aliphatic carbocycles. The number of rotatable bonds is 3. The average Bonchev–Trinajstić information content (AvgIpc) is 2.62. The predicted molar refractivity (Wildman–Crippen MR) is 62.2 cm³/mol. The Morgan fingerprint density at radius 1 is 1.31 bits per heavy atom. The molecule has 0 unspecified atom stereocenters. The number of Topliss-reactive ketones (excluding diaryl/α,β-unsaturated/α-hetero) is 1. The normalized spacial score (nSPS) is 14.9. The summed E-state index contributed by atoms with van der Waals surface area (Å²) in [5, 5.41) is 0. The van der Waals surface area contributed by atoms with Crippen molar-refractivity contribution in [2.45, 2.75) is 19.8 Å². The van der Waals surface area contributed by atoms with Gasteiger partial charge in [0.1, 0.15) is 0 Å². The van der Waals surface area contributed by atoms with E-state index < -0.39 is 10.0 Å². The van der Waals surface area contributed by atoms with Crippen LogP contribution in [0.5, 0.6) is 0 Å². The van der Waals surface area contributed by atoms with Crippen molar-refractivity contribution in [2.75, 3.05) is 10.5 Å². The lowest BCUT2D eigenvalue weighted by Gasteiger charge is -2.09. The Balaban J connectivity index is 2.41. The van der Waals surface area contributed by atoms with E-state index in [4.69, 9.17) is 0 Å². The van der Waals surface area contributed by atoms with Crippen molar-refractivity contribution in [3.63, 3.8) is 0 Å². The fraction of sp³-hybridized carbons (Fsp3) is 0.364. The quantitative estimate of drug-likeness (QED) is 0.871. The molecule has 0 heterocycles. The molecular weight excluding hydrogens is 226 g/mol. The minimum absolute atomic E-state index is 0.0324. The molecule has 0 bridgehead atoms. The molecule has 0 spiro atoms. The van der Waals surface area contributed by atoms with Crippen LogP contribution in [0.3, 0.4) is 0 Å². The number of ketones is 1. The standard InChI is InChI=1S/C11H13NO3S/c1-2-16(14,15)12-10-5-3-4-9-8(10)6-7-11(9)13/h3-5,12H,2,6-7H2,1H3. The smallest absolute Gasteiger partial charge is 0.232 e. The van der Waals surface area contributed by atoms with Gasteiger partial charge >= 0.3 is 0 Å². The van der Waals surface area contributed by atoms with Crippen LogP contribution < -0.4 is 4.72 Å². The fourth-order valence-electron chi connectivity index (χ4n) is 1.83. The summed E-state index contributed by atoms with van der Waals surface area (Å²) in [7, 11) is -3.27. The molecule has 0 radical (unpaired) electrons. The van der Waals surface area contributed by atoms with Crippen LogP contribution in [-0.4, -0.2) is 20.0 Å². The van der Waals surface area contributed by atoms with Crippen molar-refractivity contribution in [3.05, 3.63) is 29.3 Å². The van der Waals surface area contributed by atoms with E-state index in [0.717, 1.165) is 5.56 Å². The first-order chi connectivity index (χ1) is 7.53. The van der Waals surface area contributed by atoms with Crippen LogP contribution in [0.2, 0.25) is 0 Å². The van der Waals surface area contributed by atoms with Crippen molar-refractivity contribution < 1.29 is 13.2 Å². The second-order valence-corrected chi connectivity index (χ2v) is 5.77. The van der Waals surface area contributed by atoms with Crippen LogP contribution >= 0.6 is 0 Å². The number of hydrogen-bond acceptors (Lipinski definition) is 3. The highest BCUT2D eigenvalue weighted by Crippen LogP contribution is 2.29. The number of nitrogens with one attached hydrogen (secondary N) is 1. The zero-order chi connectivity index (χ0) is 11.8. The van der Waals surface area contributed by atoms with Gasteiger partial charge in [-0.15, -0.1) is 0 Å². The molecule has 0 atom stereocenters. The van der Waals surface area contributed by atoms with E-state index in [-0.39, 0.29) is 11.5 Å². The molecule has 86 valence electrons. The Labute approximate surface area is 94.7 Å². The number of hydrogen-bond donors (Lipinski definition) is 1. The molecule has 0 fully saturated rings. The van der Waals surface area contributed by atoms with Gasteiger partial charge < -0.3 is 0 Å². The SMILES string of the molecule is CCS(=O)(=O)Nc1cccc2c1CCC2=O. The fourth-order valence-corrected chi connectivity index (χ4v) is 2.50. The Hall–Kier alpha value is -1.36. The Kier molecular flexibility index (Phi) is 2.71. The first-order valence-electron chi connectivity index (χ1n) is 5.19. The topological polar surface area (TPSA) is 63.2 Å². The maximum atomic E-state index is 11.5. The van der Waals surface area contributed by atoms with Crippen LogP contribution in [0.15, 0.2) is 18.2 Å². The molecule has 0 aromatic heterocycles. The summed E-state index contributed by atoms with van der Waals surface area (Å²) >= 11 is 0. The summed E-state index contributed by atoms with van der Waals surface area (Å²) in [5.74, 6) is 0.123. The number of sulfonamides is 1. The first-order valence-corrected chi connectivity index (χ1v) is 6.84. The van der Waals surface area contributed by atoms with Gasteiger partial charge in [0.2, 0.25) is 10.0 Å². The molecular formula is C11H13NO3S. The summed E-state index contributed by atoms with van der Waals surface area (Å²) < 4.78 is 25.4. The van der Waals surface area contributed by atoms with Gasteiger partial charge in [0, 0.05) is 12.0 Å². The predicted octanol–water partition coefficient (Wildman–Crippen LogP) is 1.58. The molecule has 16 heavy (non-hydrogen) atoms. The monoisotopic (exact) mass is 239 g/mol. The third kappa shape index (κ3) is 1.95. The second-order valence-electron chi connectivity index (χ2n) is 3.76. The molecule has 0 saturated heterocycles. The van der Waals surface area contributed by atoms with E-state index in [9.17, 15) is 13.2 Å². The van der Waals surface area contributed by atoms with Gasteiger partial charge in [-0.05, 0) is 25.0 Å². The highest BCUT2D eigenvalue weighted by Gasteiger charge is 2.23. The van der Waals surface area contributed by atoms with Crippen molar-refractivity contribution in [3.8, 4) is 0 Å². The van der Waals surface area contributed by atoms with Crippen LogP contribution in [-0.2, 0) is 16.4 Å². The maximum Gasteiger partial charge on any atom is 0.232 e. The van der Waals surface area contributed by atoms with E-state index in [1.165, 1.54) is 0 Å². The molecule has 4 nitrogen and oxygen atoms in total. The minimum Gasteiger partial charge on any atom is -0.294 e.